The van der Waals surface area contributed by atoms with Gasteiger partial charge in [-0.1, -0.05) is 23.4 Å². The molecule has 4 nitrogen and oxygen atoms in total. The molecular formula is C13H21N3O. The summed E-state index contributed by atoms with van der Waals surface area (Å²) in [6.07, 6.45) is 2.57. The zero-order valence-electron chi connectivity index (χ0n) is 10.5. The predicted molar refractivity (Wildman–Crippen MR) is 71.7 cm³/mol. The van der Waals surface area contributed by atoms with Crippen molar-refractivity contribution in [2.75, 3.05) is 11.9 Å². The first-order valence-corrected chi connectivity index (χ1v) is 5.91. The van der Waals surface area contributed by atoms with Crippen LogP contribution >= 0.6 is 0 Å². The van der Waals surface area contributed by atoms with Crippen molar-refractivity contribution < 1.29 is 5.21 Å². The van der Waals surface area contributed by atoms with Gasteiger partial charge in [0, 0.05) is 18.7 Å². The molecule has 1 aromatic carbocycles. The maximum atomic E-state index is 8.39. The monoisotopic (exact) mass is 235 g/mol. The Morgan fingerprint density at radius 2 is 1.94 bits per heavy atom. The highest BCUT2D eigenvalue weighted by Gasteiger charge is 2.00. The smallest absolute Gasteiger partial charge is 0.139 e. The van der Waals surface area contributed by atoms with Gasteiger partial charge in [-0.05, 0) is 37.8 Å². The second kappa shape index (κ2) is 6.78. The van der Waals surface area contributed by atoms with Crippen molar-refractivity contribution in [2.45, 2.75) is 33.1 Å². The summed E-state index contributed by atoms with van der Waals surface area (Å²) < 4.78 is 0. The summed E-state index contributed by atoms with van der Waals surface area (Å²) >= 11 is 0. The maximum Gasteiger partial charge on any atom is 0.139 e. The standard InChI is InChI=1S/C13H21N3O/c1-10-6-5-7-11(2)13(10)15-9-4-3-8-12(14)16-17/h5-7,15,17H,3-4,8-9H2,1-2H3,(H2,14,16). The van der Waals surface area contributed by atoms with E-state index in [1.807, 2.05) is 0 Å². The van der Waals surface area contributed by atoms with Crippen LogP contribution in [0.3, 0.4) is 0 Å². The number of anilines is 1. The number of aryl methyl sites for hydroxylation is 2. The molecule has 0 heterocycles. The zero-order valence-corrected chi connectivity index (χ0v) is 10.5. The predicted octanol–water partition coefficient (Wildman–Crippen LogP) is 2.63. The first-order valence-electron chi connectivity index (χ1n) is 5.91. The Morgan fingerprint density at radius 1 is 1.29 bits per heavy atom. The molecule has 0 saturated carbocycles. The highest BCUT2D eigenvalue weighted by Crippen LogP contribution is 2.19. The Morgan fingerprint density at radius 3 is 2.53 bits per heavy atom. The number of oxime groups is 1. The van der Waals surface area contributed by atoms with E-state index < -0.39 is 0 Å². The number of hydrogen-bond donors (Lipinski definition) is 3. The molecule has 0 atom stereocenters. The second-order valence-electron chi connectivity index (χ2n) is 4.24. The van der Waals surface area contributed by atoms with Gasteiger partial charge in [0.15, 0.2) is 0 Å². The van der Waals surface area contributed by atoms with Crippen molar-refractivity contribution >= 4 is 11.5 Å². The molecule has 0 aliphatic heterocycles. The van der Waals surface area contributed by atoms with Crippen molar-refractivity contribution in [3.8, 4) is 0 Å². The number of hydrogen-bond acceptors (Lipinski definition) is 3. The minimum Gasteiger partial charge on any atom is -0.409 e. The summed E-state index contributed by atoms with van der Waals surface area (Å²) in [5, 5.41) is 14.8. The van der Waals surface area contributed by atoms with Gasteiger partial charge in [-0.2, -0.15) is 0 Å². The van der Waals surface area contributed by atoms with Crippen LogP contribution in [0.5, 0.6) is 0 Å². The summed E-state index contributed by atoms with van der Waals surface area (Å²) in [7, 11) is 0. The van der Waals surface area contributed by atoms with Crippen LogP contribution < -0.4 is 11.1 Å². The molecule has 4 heteroatoms. The average Bonchev–Trinajstić information content (AvgIpc) is 2.31. The van der Waals surface area contributed by atoms with Gasteiger partial charge < -0.3 is 16.3 Å². The van der Waals surface area contributed by atoms with E-state index in [2.05, 4.69) is 42.5 Å². The lowest BCUT2D eigenvalue weighted by molar-refractivity contribution is 0.316. The van der Waals surface area contributed by atoms with Gasteiger partial charge >= 0.3 is 0 Å². The molecule has 94 valence electrons. The number of nitrogens with two attached hydrogens (primary N) is 1. The number of rotatable bonds is 6. The largest absolute Gasteiger partial charge is 0.409 e. The summed E-state index contributed by atoms with van der Waals surface area (Å²) in [5.74, 6) is 0.303. The second-order valence-corrected chi connectivity index (χ2v) is 4.24. The topological polar surface area (TPSA) is 70.6 Å². The third-order valence-corrected chi connectivity index (χ3v) is 2.77. The SMILES string of the molecule is Cc1cccc(C)c1NCCCCC(N)=NO. The number of para-hydroxylation sites is 1. The third-order valence-electron chi connectivity index (χ3n) is 2.77. The fourth-order valence-electron chi connectivity index (χ4n) is 1.79. The number of unbranched alkanes of at least 4 members (excludes halogenated alkanes) is 1. The van der Waals surface area contributed by atoms with Crippen LogP contribution in [-0.2, 0) is 0 Å². The Balaban J connectivity index is 2.32. The van der Waals surface area contributed by atoms with Crippen molar-refractivity contribution in [1.82, 2.24) is 0 Å². The lowest BCUT2D eigenvalue weighted by Crippen LogP contribution is -2.12. The highest BCUT2D eigenvalue weighted by molar-refractivity contribution is 5.79. The lowest BCUT2D eigenvalue weighted by Gasteiger charge is -2.12. The fraction of sp³-hybridized carbons (Fsp3) is 0.462. The van der Waals surface area contributed by atoms with E-state index in [0.29, 0.717) is 12.3 Å². The van der Waals surface area contributed by atoms with Gasteiger partial charge in [-0.25, -0.2) is 0 Å². The molecule has 0 unspecified atom stereocenters. The van der Waals surface area contributed by atoms with Crippen molar-refractivity contribution in [2.24, 2.45) is 10.9 Å². The first-order chi connectivity index (χ1) is 8.15. The molecule has 0 fully saturated rings. The third kappa shape index (κ3) is 4.34. The number of amidine groups is 1. The zero-order chi connectivity index (χ0) is 12.7. The normalized spacial score (nSPS) is 11.5. The van der Waals surface area contributed by atoms with Gasteiger partial charge in [0.25, 0.3) is 0 Å². The average molecular weight is 235 g/mol. The molecule has 0 amide bonds. The van der Waals surface area contributed by atoms with Crippen molar-refractivity contribution in [3.05, 3.63) is 29.3 Å². The van der Waals surface area contributed by atoms with Gasteiger partial charge in [-0.3, -0.25) is 0 Å². The molecule has 0 spiro atoms. The van der Waals surface area contributed by atoms with Crippen LogP contribution in [0.25, 0.3) is 0 Å². The molecule has 17 heavy (non-hydrogen) atoms. The van der Waals surface area contributed by atoms with E-state index in [1.54, 1.807) is 0 Å². The van der Waals surface area contributed by atoms with Gasteiger partial charge in [0.1, 0.15) is 5.84 Å². The Labute approximate surface area is 103 Å². The van der Waals surface area contributed by atoms with E-state index in [9.17, 15) is 0 Å². The molecule has 0 bridgehead atoms. The fourth-order valence-corrected chi connectivity index (χ4v) is 1.79. The van der Waals surface area contributed by atoms with Gasteiger partial charge in [0.05, 0.1) is 0 Å². The van der Waals surface area contributed by atoms with Crippen LogP contribution in [0.2, 0.25) is 0 Å². The molecule has 0 saturated heterocycles. The lowest BCUT2D eigenvalue weighted by atomic mass is 10.1. The number of nitrogens with zero attached hydrogens (tertiary/aromatic N) is 1. The quantitative estimate of drug-likeness (QED) is 0.233. The molecule has 1 rings (SSSR count). The van der Waals surface area contributed by atoms with E-state index in [0.717, 1.165) is 19.4 Å². The van der Waals surface area contributed by atoms with Crippen LogP contribution in [0.1, 0.15) is 30.4 Å². The number of benzene rings is 1. The minimum atomic E-state index is 0.303. The molecular weight excluding hydrogens is 214 g/mol. The van der Waals surface area contributed by atoms with Gasteiger partial charge in [-0.15, -0.1) is 0 Å². The molecule has 0 aromatic heterocycles. The Hall–Kier alpha value is -1.71. The Bertz CT molecular complexity index is 368. The van der Waals surface area contributed by atoms with E-state index in [-0.39, 0.29) is 0 Å². The molecule has 4 N–H and O–H groups in total. The maximum absolute atomic E-state index is 8.39. The first kappa shape index (κ1) is 13.4. The summed E-state index contributed by atoms with van der Waals surface area (Å²) in [4.78, 5) is 0. The van der Waals surface area contributed by atoms with Crippen LogP contribution in [0.4, 0.5) is 5.69 Å². The van der Waals surface area contributed by atoms with Gasteiger partial charge in [0.2, 0.25) is 0 Å². The molecule has 1 aromatic rings. The molecule has 0 aliphatic carbocycles. The molecule has 0 radical (unpaired) electrons. The summed E-state index contributed by atoms with van der Waals surface area (Å²) in [6, 6.07) is 6.27. The molecule has 0 aliphatic rings. The van der Waals surface area contributed by atoms with Crippen LogP contribution in [-0.4, -0.2) is 17.6 Å². The van der Waals surface area contributed by atoms with Crippen LogP contribution in [0.15, 0.2) is 23.4 Å². The van der Waals surface area contributed by atoms with Crippen LogP contribution in [0, 0.1) is 13.8 Å². The van der Waals surface area contributed by atoms with E-state index in [4.69, 9.17) is 10.9 Å². The van der Waals surface area contributed by atoms with Crippen molar-refractivity contribution in [3.63, 3.8) is 0 Å². The summed E-state index contributed by atoms with van der Waals surface area (Å²) in [6.45, 7) is 5.11. The highest BCUT2D eigenvalue weighted by atomic mass is 16.4. The van der Waals surface area contributed by atoms with Crippen molar-refractivity contribution in [1.29, 1.82) is 0 Å². The summed E-state index contributed by atoms with van der Waals surface area (Å²) in [5.41, 5.74) is 9.14. The van der Waals surface area contributed by atoms with E-state index >= 15 is 0 Å². The van der Waals surface area contributed by atoms with E-state index in [1.165, 1.54) is 16.8 Å². The Kier molecular flexibility index (Phi) is 5.33. The minimum absolute atomic E-state index is 0.303. The number of nitrogens with one attached hydrogen (secondary N) is 1.